The number of carbonyl (C=O) groups is 2. The smallest absolute Gasteiger partial charge is 0.326 e. The highest BCUT2D eigenvalue weighted by Crippen LogP contribution is 2.18. The highest BCUT2D eigenvalue weighted by Gasteiger charge is 2.18. The number of carbonyl (C=O) groups excluding carboxylic acids is 1. The second-order valence-corrected chi connectivity index (χ2v) is 5.12. The molecule has 1 aromatic carbocycles. The van der Waals surface area contributed by atoms with Crippen molar-refractivity contribution < 1.29 is 14.7 Å². The summed E-state index contributed by atoms with van der Waals surface area (Å²) < 4.78 is 0. The predicted molar refractivity (Wildman–Crippen MR) is 85.6 cm³/mol. The molecule has 5 nitrogen and oxygen atoms in total. The molecule has 0 saturated heterocycles. The van der Waals surface area contributed by atoms with Gasteiger partial charge < -0.3 is 15.4 Å². The zero-order valence-corrected chi connectivity index (χ0v) is 12.5. The van der Waals surface area contributed by atoms with Crippen molar-refractivity contribution >= 4 is 22.8 Å². The van der Waals surface area contributed by atoms with Gasteiger partial charge in [0.05, 0.1) is 0 Å². The Morgan fingerprint density at radius 2 is 2.14 bits per heavy atom. The van der Waals surface area contributed by atoms with Crippen molar-refractivity contribution in [3.63, 3.8) is 0 Å². The summed E-state index contributed by atoms with van der Waals surface area (Å²) in [7, 11) is 0. The van der Waals surface area contributed by atoms with Gasteiger partial charge in [0.15, 0.2) is 0 Å². The lowest BCUT2D eigenvalue weighted by Crippen LogP contribution is -2.40. The van der Waals surface area contributed by atoms with Gasteiger partial charge in [-0.25, -0.2) is 4.79 Å². The van der Waals surface area contributed by atoms with Crippen molar-refractivity contribution in [1.82, 2.24) is 10.3 Å². The third-order valence-corrected chi connectivity index (χ3v) is 3.54. The molecule has 116 valence electrons. The number of benzene rings is 1. The summed E-state index contributed by atoms with van der Waals surface area (Å²) in [5.74, 6) is -1.26. The van der Waals surface area contributed by atoms with E-state index in [1.165, 1.54) is 0 Å². The first-order valence-corrected chi connectivity index (χ1v) is 7.30. The van der Waals surface area contributed by atoms with E-state index in [-0.39, 0.29) is 12.3 Å². The van der Waals surface area contributed by atoms with Crippen LogP contribution in [0.3, 0.4) is 0 Å². The zero-order valence-electron chi connectivity index (χ0n) is 12.5. The number of rotatable bonds is 7. The minimum Gasteiger partial charge on any atom is -0.480 e. The largest absolute Gasteiger partial charge is 0.480 e. The van der Waals surface area contributed by atoms with Gasteiger partial charge in [-0.2, -0.15) is 0 Å². The van der Waals surface area contributed by atoms with Crippen LogP contribution < -0.4 is 5.32 Å². The summed E-state index contributed by atoms with van der Waals surface area (Å²) in [6.07, 6.45) is 6.54. The van der Waals surface area contributed by atoms with E-state index in [0.29, 0.717) is 12.8 Å². The van der Waals surface area contributed by atoms with Crippen LogP contribution in [0.25, 0.3) is 10.9 Å². The van der Waals surface area contributed by atoms with Gasteiger partial charge in [0, 0.05) is 23.5 Å². The van der Waals surface area contributed by atoms with Gasteiger partial charge >= 0.3 is 5.97 Å². The average molecular weight is 300 g/mol. The number of fused-ring (bicyclic) bond motifs is 1. The van der Waals surface area contributed by atoms with Crippen LogP contribution in [0.5, 0.6) is 0 Å². The Labute approximate surface area is 129 Å². The summed E-state index contributed by atoms with van der Waals surface area (Å²) in [4.78, 5) is 26.2. The molecule has 0 fully saturated rings. The first-order valence-electron chi connectivity index (χ1n) is 7.30. The molecule has 3 N–H and O–H groups in total. The molecule has 0 aliphatic heterocycles. The normalized spacial score (nSPS) is 12.6. The van der Waals surface area contributed by atoms with E-state index >= 15 is 0 Å². The highest BCUT2D eigenvalue weighted by atomic mass is 16.4. The van der Waals surface area contributed by atoms with Crippen molar-refractivity contribution in [2.24, 2.45) is 0 Å². The van der Waals surface area contributed by atoms with Gasteiger partial charge in [0.1, 0.15) is 6.04 Å². The molecule has 1 aromatic heterocycles. The third kappa shape index (κ3) is 3.97. The Bertz CT molecular complexity index is 688. The quantitative estimate of drug-likeness (QED) is 0.687. The molecule has 0 radical (unpaired) electrons. The van der Waals surface area contributed by atoms with Crippen LogP contribution in [0, 0.1) is 0 Å². The molecule has 1 atom stereocenters. The topological polar surface area (TPSA) is 82.2 Å². The number of H-pyrrole nitrogens is 1. The Balaban J connectivity index is 1.93. The Morgan fingerprint density at radius 1 is 1.36 bits per heavy atom. The van der Waals surface area contributed by atoms with Gasteiger partial charge in [-0.3, -0.25) is 4.79 Å². The number of nitrogens with one attached hydrogen (secondary N) is 2. The molecule has 2 aromatic rings. The minimum absolute atomic E-state index is 0.248. The molecular formula is C17H20N2O3. The number of aryl methyl sites for hydroxylation is 1. The standard InChI is InChI=1S/C17H20N2O3/c1-2-3-7-15(17(21)22)19-16(20)10-9-12-11-18-14-8-5-4-6-13(12)14/h2-6,8,11,15,18H,7,9-10H2,1H3,(H,19,20)(H,21,22)/b3-2+. The number of aromatic amines is 1. The fraction of sp³-hybridized carbons (Fsp3) is 0.294. The molecular weight excluding hydrogens is 280 g/mol. The summed E-state index contributed by atoms with van der Waals surface area (Å²) in [5, 5.41) is 12.7. The monoisotopic (exact) mass is 300 g/mol. The first-order chi connectivity index (χ1) is 10.6. The van der Waals surface area contributed by atoms with E-state index in [1.54, 1.807) is 12.2 Å². The number of carboxylic acids is 1. The summed E-state index contributed by atoms with van der Waals surface area (Å²) in [6.45, 7) is 1.82. The average Bonchev–Trinajstić information content (AvgIpc) is 2.92. The van der Waals surface area contributed by atoms with E-state index in [1.807, 2.05) is 37.4 Å². The van der Waals surface area contributed by atoms with Crippen molar-refractivity contribution in [1.29, 1.82) is 0 Å². The molecule has 0 saturated carbocycles. The van der Waals surface area contributed by atoms with Gasteiger partial charge in [-0.1, -0.05) is 30.4 Å². The maximum Gasteiger partial charge on any atom is 0.326 e. The number of amides is 1. The zero-order chi connectivity index (χ0) is 15.9. The second kappa shape index (κ2) is 7.45. The number of hydrogen-bond acceptors (Lipinski definition) is 2. The molecule has 0 spiro atoms. The molecule has 22 heavy (non-hydrogen) atoms. The number of hydrogen-bond donors (Lipinski definition) is 3. The van der Waals surface area contributed by atoms with E-state index in [0.717, 1.165) is 16.5 Å². The van der Waals surface area contributed by atoms with Crippen molar-refractivity contribution in [3.05, 3.63) is 48.2 Å². The van der Waals surface area contributed by atoms with Crippen LogP contribution in [0.4, 0.5) is 0 Å². The van der Waals surface area contributed by atoms with Crippen LogP contribution in [0.15, 0.2) is 42.6 Å². The number of aromatic nitrogens is 1. The van der Waals surface area contributed by atoms with Gasteiger partial charge in [0.2, 0.25) is 5.91 Å². The van der Waals surface area contributed by atoms with Crippen LogP contribution in [0.1, 0.15) is 25.3 Å². The van der Waals surface area contributed by atoms with E-state index in [9.17, 15) is 9.59 Å². The van der Waals surface area contributed by atoms with Crippen LogP contribution in [-0.4, -0.2) is 28.0 Å². The van der Waals surface area contributed by atoms with Gasteiger partial charge in [0.25, 0.3) is 0 Å². The predicted octanol–water partition coefficient (Wildman–Crippen LogP) is 2.64. The fourth-order valence-electron chi connectivity index (χ4n) is 2.35. The first kappa shape index (κ1) is 15.8. The molecule has 0 aliphatic rings. The van der Waals surface area contributed by atoms with E-state index < -0.39 is 12.0 Å². The molecule has 0 bridgehead atoms. The van der Waals surface area contributed by atoms with Crippen LogP contribution in [-0.2, 0) is 16.0 Å². The second-order valence-electron chi connectivity index (χ2n) is 5.12. The Kier molecular flexibility index (Phi) is 5.36. The Hall–Kier alpha value is -2.56. The van der Waals surface area contributed by atoms with Crippen molar-refractivity contribution in [2.45, 2.75) is 32.2 Å². The number of carboxylic acid groups (broad SMARTS) is 1. The fourth-order valence-corrected chi connectivity index (χ4v) is 2.35. The van der Waals surface area contributed by atoms with Crippen molar-refractivity contribution in [3.8, 4) is 0 Å². The molecule has 1 heterocycles. The minimum atomic E-state index is -1.02. The highest BCUT2D eigenvalue weighted by molar-refractivity contribution is 5.86. The van der Waals surface area contributed by atoms with Gasteiger partial charge in [-0.15, -0.1) is 0 Å². The lowest BCUT2D eigenvalue weighted by atomic mass is 10.1. The molecule has 2 rings (SSSR count). The van der Waals surface area contributed by atoms with E-state index in [2.05, 4.69) is 10.3 Å². The molecule has 1 amide bonds. The Morgan fingerprint density at radius 3 is 2.86 bits per heavy atom. The SMILES string of the molecule is C/C=C/CC(NC(=O)CCc1c[nH]c2ccccc12)C(=O)O. The van der Waals surface area contributed by atoms with Crippen LogP contribution in [0.2, 0.25) is 0 Å². The molecule has 5 heteroatoms. The number of aliphatic carboxylic acids is 1. The maximum atomic E-state index is 11.9. The number of para-hydroxylation sites is 1. The lowest BCUT2D eigenvalue weighted by molar-refractivity contribution is -0.141. The van der Waals surface area contributed by atoms with Crippen molar-refractivity contribution in [2.75, 3.05) is 0 Å². The van der Waals surface area contributed by atoms with Crippen LogP contribution >= 0.6 is 0 Å². The lowest BCUT2D eigenvalue weighted by Gasteiger charge is -2.12. The van der Waals surface area contributed by atoms with E-state index in [4.69, 9.17) is 5.11 Å². The maximum absolute atomic E-state index is 11.9. The molecule has 0 aliphatic carbocycles. The third-order valence-electron chi connectivity index (χ3n) is 3.54. The summed E-state index contributed by atoms with van der Waals surface area (Å²) in [5.41, 5.74) is 2.10. The summed E-state index contributed by atoms with van der Waals surface area (Å²) >= 11 is 0. The summed E-state index contributed by atoms with van der Waals surface area (Å²) in [6, 6.07) is 7.03. The number of allylic oxidation sites excluding steroid dienone is 1. The molecule has 1 unspecified atom stereocenters. The van der Waals surface area contributed by atoms with Gasteiger partial charge in [-0.05, 0) is 31.4 Å².